The lowest BCUT2D eigenvalue weighted by atomic mass is 9.75. The molecule has 1 aliphatic rings. The number of aromatic amines is 1. The van der Waals surface area contributed by atoms with Gasteiger partial charge in [-0.05, 0) is 42.4 Å². The Kier molecular flexibility index (Phi) is 7.44. The zero-order chi connectivity index (χ0) is 23.5. The van der Waals surface area contributed by atoms with Crippen LogP contribution in [-0.2, 0) is 17.8 Å². The smallest absolute Gasteiger partial charge is 0.268 e. The van der Waals surface area contributed by atoms with Crippen LogP contribution in [-0.4, -0.2) is 28.6 Å². The summed E-state index contributed by atoms with van der Waals surface area (Å²) >= 11 is 6.18. The first-order valence-electron chi connectivity index (χ1n) is 11.2. The molecule has 2 aromatic rings. The maximum absolute atomic E-state index is 13.1. The van der Waals surface area contributed by atoms with Gasteiger partial charge in [0.15, 0.2) is 5.78 Å². The van der Waals surface area contributed by atoms with Crippen LogP contribution in [0, 0.1) is 12.3 Å². The normalized spacial score (nSPS) is 15.7. The molecule has 1 aromatic carbocycles. The number of fused-ring (bicyclic) bond motifs is 1. The standard InChI is InChI=1S/C25H32ClN3O3/c1-5-6-11-18(23(31)27-14-16-9-7-8-10-17(16)26)29-24(32)22-15(2)21-19(28-22)12-25(3,4)13-20(21)30/h7-10,18,28H,5-6,11-14H2,1-4H3,(H,27,31)(H,29,32). The second kappa shape index (κ2) is 9.90. The highest BCUT2D eigenvalue weighted by molar-refractivity contribution is 6.31. The van der Waals surface area contributed by atoms with Crippen molar-refractivity contribution in [3.05, 3.63) is 57.4 Å². The van der Waals surface area contributed by atoms with E-state index in [-0.39, 0.29) is 29.6 Å². The highest BCUT2D eigenvalue weighted by Crippen LogP contribution is 2.36. The van der Waals surface area contributed by atoms with Gasteiger partial charge in [-0.25, -0.2) is 0 Å². The number of Topliss-reactive ketones (excluding diaryl/α,β-unsaturated/α-hetero) is 1. The van der Waals surface area contributed by atoms with Gasteiger partial charge in [0.05, 0.1) is 0 Å². The van der Waals surface area contributed by atoms with Crippen LogP contribution in [0.5, 0.6) is 0 Å². The summed E-state index contributed by atoms with van der Waals surface area (Å²) in [5.74, 6) is -0.557. The summed E-state index contributed by atoms with van der Waals surface area (Å²) in [5.41, 5.74) is 3.13. The van der Waals surface area contributed by atoms with Gasteiger partial charge in [0.2, 0.25) is 5.91 Å². The SMILES string of the molecule is CCCCC(NC(=O)c1[nH]c2c(c1C)C(=O)CC(C)(C)C2)C(=O)NCc1ccccc1Cl. The molecule has 0 spiro atoms. The molecule has 1 heterocycles. The average molecular weight is 458 g/mol. The number of halogens is 1. The van der Waals surface area contributed by atoms with Gasteiger partial charge in [-0.2, -0.15) is 0 Å². The van der Waals surface area contributed by atoms with Gasteiger partial charge in [0.25, 0.3) is 5.91 Å². The van der Waals surface area contributed by atoms with Crippen LogP contribution >= 0.6 is 11.6 Å². The van der Waals surface area contributed by atoms with Gasteiger partial charge in [-0.1, -0.05) is 63.4 Å². The predicted octanol–water partition coefficient (Wildman–Crippen LogP) is 4.74. The summed E-state index contributed by atoms with van der Waals surface area (Å²) in [6.07, 6.45) is 3.41. The summed E-state index contributed by atoms with van der Waals surface area (Å²) in [5, 5.41) is 6.35. The average Bonchev–Trinajstić information content (AvgIpc) is 3.05. The van der Waals surface area contributed by atoms with Crippen molar-refractivity contribution in [1.82, 2.24) is 15.6 Å². The van der Waals surface area contributed by atoms with Gasteiger partial charge < -0.3 is 15.6 Å². The third-order valence-corrected chi connectivity index (χ3v) is 6.38. The van der Waals surface area contributed by atoms with Crippen molar-refractivity contribution in [3.63, 3.8) is 0 Å². The Morgan fingerprint density at radius 1 is 1.22 bits per heavy atom. The number of hydrogen-bond donors (Lipinski definition) is 3. The van der Waals surface area contributed by atoms with Crippen LogP contribution in [0.25, 0.3) is 0 Å². The van der Waals surface area contributed by atoms with Crippen molar-refractivity contribution >= 4 is 29.2 Å². The van der Waals surface area contributed by atoms with E-state index < -0.39 is 6.04 Å². The Balaban J connectivity index is 1.74. The van der Waals surface area contributed by atoms with E-state index in [1.54, 1.807) is 13.0 Å². The highest BCUT2D eigenvalue weighted by atomic mass is 35.5. The summed E-state index contributed by atoms with van der Waals surface area (Å²) in [4.78, 5) is 41.8. The number of ketones is 1. The van der Waals surface area contributed by atoms with Crippen LogP contribution in [0.4, 0.5) is 0 Å². The zero-order valence-corrected chi connectivity index (χ0v) is 20.0. The number of unbranched alkanes of at least 4 members (excludes halogenated alkanes) is 1. The second-order valence-electron chi connectivity index (χ2n) is 9.40. The van der Waals surface area contributed by atoms with Crippen LogP contribution in [0.15, 0.2) is 24.3 Å². The number of benzene rings is 1. The largest absolute Gasteiger partial charge is 0.354 e. The van der Waals surface area contributed by atoms with Crippen molar-refractivity contribution < 1.29 is 14.4 Å². The van der Waals surface area contributed by atoms with Gasteiger partial charge >= 0.3 is 0 Å². The van der Waals surface area contributed by atoms with E-state index >= 15 is 0 Å². The van der Waals surface area contributed by atoms with E-state index in [1.165, 1.54) is 0 Å². The molecule has 0 saturated carbocycles. The summed E-state index contributed by atoms with van der Waals surface area (Å²) in [7, 11) is 0. The molecule has 32 heavy (non-hydrogen) atoms. The molecule has 0 fully saturated rings. The molecule has 0 bridgehead atoms. The third-order valence-electron chi connectivity index (χ3n) is 6.01. The lowest BCUT2D eigenvalue weighted by molar-refractivity contribution is -0.123. The molecule has 3 rings (SSSR count). The summed E-state index contributed by atoms with van der Waals surface area (Å²) < 4.78 is 0. The molecule has 1 aromatic heterocycles. The van der Waals surface area contributed by atoms with Gasteiger partial charge in [0.1, 0.15) is 11.7 Å². The molecule has 1 unspecified atom stereocenters. The number of amides is 2. The fourth-order valence-electron chi connectivity index (χ4n) is 4.31. The summed E-state index contributed by atoms with van der Waals surface area (Å²) in [6.45, 7) is 8.22. The molecular weight excluding hydrogens is 426 g/mol. The topological polar surface area (TPSA) is 91.1 Å². The fraction of sp³-hybridized carbons (Fsp3) is 0.480. The first kappa shape index (κ1) is 24.1. The van der Waals surface area contributed by atoms with E-state index in [4.69, 9.17) is 11.6 Å². The van der Waals surface area contributed by atoms with Crippen molar-refractivity contribution in [2.24, 2.45) is 5.41 Å². The van der Waals surface area contributed by atoms with Crippen LogP contribution < -0.4 is 10.6 Å². The lowest BCUT2D eigenvalue weighted by Crippen LogP contribution is -2.46. The summed E-state index contributed by atoms with van der Waals surface area (Å²) in [6, 6.07) is 6.66. The Morgan fingerprint density at radius 3 is 2.62 bits per heavy atom. The Bertz CT molecular complexity index is 1030. The predicted molar refractivity (Wildman–Crippen MR) is 126 cm³/mol. The monoisotopic (exact) mass is 457 g/mol. The minimum Gasteiger partial charge on any atom is -0.354 e. The molecule has 3 N–H and O–H groups in total. The minimum absolute atomic E-state index is 0.0593. The Morgan fingerprint density at radius 2 is 1.94 bits per heavy atom. The van der Waals surface area contributed by atoms with Crippen LogP contribution in [0.2, 0.25) is 5.02 Å². The maximum atomic E-state index is 13.1. The molecule has 0 saturated heterocycles. The number of rotatable bonds is 8. The molecule has 6 nitrogen and oxygen atoms in total. The van der Waals surface area contributed by atoms with E-state index in [2.05, 4.69) is 15.6 Å². The van der Waals surface area contributed by atoms with Gasteiger partial charge in [0, 0.05) is 29.2 Å². The number of carbonyl (C=O) groups excluding carboxylic acids is 3. The Hall–Kier alpha value is -2.60. The fourth-order valence-corrected chi connectivity index (χ4v) is 4.52. The zero-order valence-electron chi connectivity index (χ0n) is 19.2. The molecule has 0 radical (unpaired) electrons. The van der Waals surface area contributed by atoms with Gasteiger partial charge in [-0.15, -0.1) is 0 Å². The van der Waals surface area contributed by atoms with Crippen LogP contribution in [0.3, 0.4) is 0 Å². The van der Waals surface area contributed by atoms with E-state index in [0.717, 1.165) is 24.1 Å². The molecule has 7 heteroatoms. The van der Waals surface area contributed by atoms with E-state index in [9.17, 15) is 14.4 Å². The first-order valence-corrected chi connectivity index (χ1v) is 11.6. The maximum Gasteiger partial charge on any atom is 0.268 e. The Labute approximate surface area is 194 Å². The molecule has 0 aliphatic heterocycles. The quantitative estimate of drug-likeness (QED) is 0.534. The lowest BCUT2D eigenvalue weighted by Gasteiger charge is -2.28. The molecule has 2 amide bonds. The second-order valence-corrected chi connectivity index (χ2v) is 9.80. The number of aromatic nitrogens is 1. The molecule has 1 atom stereocenters. The van der Waals surface area contributed by atoms with E-state index in [1.807, 2.05) is 39.0 Å². The third kappa shape index (κ3) is 5.41. The number of nitrogens with one attached hydrogen (secondary N) is 3. The van der Waals surface area contributed by atoms with Crippen molar-refractivity contribution in [2.45, 2.75) is 72.4 Å². The minimum atomic E-state index is -0.670. The van der Waals surface area contributed by atoms with Crippen molar-refractivity contribution in [2.75, 3.05) is 0 Å². The molecule has 1 aliphatic carbocycles. The first-order chi connectivity index (χ1) is 15.1. The number of hydrogen-bond acceptors (Lipinski definition) is 3. The molecular formula is C25H32ClN3O3. The number of carbonyl (C=O) groups is 3. The highest BCUT2D eigenvalue weighted by Gasteiger charge is 2.35. The van der Waals surface area contributed by atoms with E-state index in [0.29, 0.717) is 41.1 Å². The van der Waals surface area contributed by atoms with Gasteiger partial charge in [-0.3, -0.25) is 14.4 Å². The number of H-pyrrole nitrogens is 1. The van der Waals surface area contributed by atoms with Crippen LogP contribution in [0.1, 0.15) is 84.1 Å². The molecule has 172 valence electrons. The van der Waals surface area contributed by atoms with Crippen molar-refractivity contribution in [1.29, 1.82) is 0 Å². The van der Waals surface area contributed by atoms with Crippen molar-refractivity contribution in [3.8, 4) is 0 Å².